The van der Waals surface area contributed by atoms with Crippen molar-refractivity contribution in [3.05, 3.63) is 41.6 Å². The fraction of sp³-hybridized carbons (Fsp3) is 0.438. The molecule has 0 fully saturated rings. The van der Waals surface area contributed by atoms with Crippen molar-refractivity contribution >= 4 is 11.8 Å². The summed E-state index contributed by atoms with van der Waals surface area (Å²) in [7, 11) is 0. The SMILES string of the molecule is CCCCCSc1c(CN)c(C)nn1-c1ccccc1. The zero-order chi connectivity index (χ0) is 14.4. The second-order valence-electron chi connectivity index (χ2n) is 4.88. The van der Waals surface area contributed by atoms with Crippen LogP contribution in [-0.2, 0) is 6.54 Å². The number of hydrogen-bond acceptors (Lipinski definition) is 3. The van der Waals surface area contributed by atoms with E-state index in [9.17, 15) is 0 Å². The summed E-state index contributed by atoms with van der Waals surface area (Å²) in [5.41, 5.74) is 9.22. The van der Waals surface area contributed by atoms with Gasteiger partial charge in [-0.1, -0.05) is 38.0 Å². The third kappa shape index (κ3) is 3.44. The van der Waals surface area contributed by atoms with E-state index in [1.54, 1.807) is 0 Å². The molecule has 0 unspecified atom stereocenters. The van der Waals surface area contributed by atoms with Crippen LogP contribution in [0.5, 0.6) is 0 Å². The molecule has 0 radical (unpaired) electrons. The topological polar surface area (TPSA) is 43.8 Å². The van der Waals surface area contributed by atoms with E-state index in [0.717, 1.165) is 17.1 Å². The van der Waals surface area contributed by atoms with E-state index in [-0.39, 0.29) is 0 Å². The molecular formula is C16H23N3S. The molecular weight excluding hydrogens is 266 g/mol. The molecule has 0 atom stereocenters. The highest BCUT2D eigenvalue weighted by molar-refractivity contribution is 7.99. The van der Waals surface area contributed by atoms with Crippen LogP contribution in [0.15, 0.2) is 35.4 Å². The number of rotatable bonds is 7. The number of hydrogen-bond donors (Lipinski definition) is 1. The Hall–Kier alpha value is -1.26. The Morgan fingerprint density at radius 1 is 1.20 bits per heavy atom. The van der Waals surface area contributed by atoms with Gasteiger partial charge in [-0.3, -0.25) is 0 Å². The lowest BCUT2D eigenvalue weighted by molar-refractivity contribution is 0.768. The molecule has 2 aromatic rings. The molecule has 1 heterocycles. The Morgan fingerprint density at radius 3 is 2.60 bits per heavy atom. The first-order valence-corrected chi connectivity index (χ1v) is 8.23. The molecule has 20 heavy (non-hydrogen) atoms. The zero-order valence-electron chi connectivity index (χ0n) is 12.3. The third-order valence-corrected chi connectivity index (χ3v) is 4.51. The van der Waals surface area contributed by atoms with Crippen LogP contribution >= 0.6 is 11.8 Å². The number of aromatic nitrogens is 2. The van der Waals surface area contributed by atoms with Gasteiger partial charge in [0, 0.05) is 12.1 Å². The van der Waals surface area contributed by atoms with Gasteiger partial charge in [0.2, 0.25) is 0 Å². The van der Waals surface area contributed by atoms with E-state index in [0.29, 0.717) is 6.54 Å². The van der Waals surface area contributed by atoms with Gasteiger partial charge in [0.05, 0.1) is 11.4 Å². The highest BCUT2D eigenvalue weighted by atomic mass is 32.2. The summed E-state index contributed by atoms with van der Waals surface area (Å²) in [5, 5.41) is 5.87. The molecule has 0 amide bonds. The van der Waals surface area contributed by atoms with Crippen LogP contribution < -0.4 is 5.73 Å². The molecule has 0 saturated heterocycles. The van der Waals surface area contributed by atoms with Crippen LogP contribution in [0.3, 0.4) is 0 Å². The molecule has 3 nitrogen and oxygen atoms in total. The highest BCUT2D eigenvalue weighted by Crippen LogP contribution is 2.28. The van der Waals surface area contributed by atoms with Gasteiger partial charge in [-0.05, 0) is 31.2 Å². The number of para-hydroxylation sites is 1. The zero-order valence-corrected chi connectivity index (χ0v) is 13.1. The summed E-state index contributed by atoms with van der Waals surface area (Å²) in [6.07, 6.45) is 3.77. The average molecular weight is 289 g/mol. The number of nitrogens with zero attached hydrogens (tertiary/aromatic N) is 2. The van der Waals surface area contributed by atoms with Crippen molar-refractivity contribution in [2.45, 2.75) is 44.7 Å². The molecule has 4 heteroatoms. The largest absolute Gasteiger partial charge is 0.326 e. The van der Waals surface area contributed by atoms with Gasteiger partial charge in [0.15, 0.2) is 0 Å². The lowest BCUT2D eigenvalue weighted by atomic mass is 10.3. The van der Waals surface area contributed by atoms with E-state index < -0.39 is 0 Å². The molecule has 2 rings (SSSR count). The first-order valence-electron chi connectivity index (χ1n) is 7.24. The van der Waals surface area contributed by atoms with E-state index in [4.69, 9.17) is 5.73 Å². The van der Waals surface area contributed by atoms with Gasteiger partial charge in [0.1, 0.15) is 5.03 Å². The standard InChI is InChI=1S/C16H23N3S/c1-3-4-8-11-20-16-15(12-17)13(2)18-19(16)14-9-6-5-7-10-14/h5-7,9-10H,3-4,8,11-12,17H2,1-2H3. The molecule has 108 valence electrons. The Balaban J connectivity index is 2.27. The molecule has 2 N–H and O–H groups in total. The monoisotopic (exact) mass is 289 g/mol. The second-order valence-corrected chi connectivity index (χ2v) is 5.96. The van der Waals surface area contributed by atoms with Gasteiger partial charge in [0.25, 0.3) is 0 Å². The van der Waals surface area contributed by atoms with E-state index in [1.807, 2.05) is 41.6 Å². The molecule has 1 aromatic carbocycles. The quantitative estimate of drug-likeness (QED) is 0.620. The van der Waals surface area contributed by atoms with Crippen LogP contribution in [0.25, 0.3) is 5.69 Å². The molecule has 0 aliphatic heterocycles. The van der Waals surface area contributed by atoms with Crippen LogP contribution in [0.4, 0.5) is 0 Å². The summed E-state index contributed by atoms with van der Waals surface area (Å²) in [5.74, 6) is 1.12. The van der Waals surface area contributed by atoms with Gasteiger partial charge in [-0.15, -0.1) is 11.8 Å². The van der Waals surface area contributed by atoms with Gasteiger partial charge in [-0.25, -0.2) is 4.68 Å². The highest BCUT2D eigenvalue weighted by Gasteiger charge is 2.15. The van der Waals surface area contributed by atoms with Crippen molar-refractivity contribution in [3.63, 3.8) is 0 Å². The lowest BCUT2D eigenvalue weighted by Crippen LogP contribution is -2.02. The van der Waals surface area contributed by atoms with E-state index >= 15 is 0 Å². The van der Waals surface area contributed by atoms with E-state index in [1.165, 1.54) is 29.9 Å². The first kappa shape index (κ1) is 15.1. The second kappa shape index (κ2) is 7.50. The molecule has 0 aliphatic rings. The van der Waals surface area contributed by atoms with Crippen molar-refractivity contribution in [1.82, 2.24) is 9.78 Å². The van der Waals surface area contributed by atoms with Crippen molar-refractivity contribution < 1.29 is 0 Å². The Bertz CT molecular complexity index is 534. The fourth-order valence-electron chi connectivity index (χ4n) is 2.19. The Morgan fingerprint density at radius 2 is 1.95 bits per heavy atom. The number of unbranched alkanes of at least 4 members (excludes halogenated alkanes) is 2. The maximum absolute atomic E-state index is 5.91. The van der Waals surface area contributed by atoms with Crippen LogP contribution in [0, 0.1) is 6.92 Å². The average Bonchev–Trinajstić information content (AvgIpc) is 2.80. The summed E-state index contributed by atoms with van der Waals surface area (Å²) in [6.45, 7) is 4.82. The van der Waals surface area contributed by atoms with Gasteiger partial charge < -0.3 is 5.73 Å². The Labute approximate surface area is 125 Å². The molecule has 0 saturated carbocycles. The van der Waals surface area contributed by atoms with Gasteiger partial charge in [-0.2, -0.15) is 5.10 Å². The lowest BCUT2D eigenvalue weighted by Gasteiger charge is -2.08. The van der Waals surface area contributed by atoms with Crippen LogP contribution in [0.2, 0.25) is 0 Å². The fourth-order valence-corrected chi connectivity index (χ4v) is 3.40. The minimum atomic E-state index is 0.550. The Kier molecular flexibility index (Phi) is 5.68. The maximum atomic E-state index is 5.91. The summed E-state index contributed by atoms with van der Waals surface area (Å²) < 4.78 is 2.04. The molecule has 0 aliphatic carbocycles. The minimum Gasteiger partial charge on any atom is -0.326 e. The molecule has 0 spiro atoms. The van der Waals surface area contributed by atoms with Crippen molar-refractivity contribution in [2.75, 3.05) is 5.75 Å². The number of nitrogens with two attached hydrogens (primary N) is 1. The number of aryl methyl sites for hydroxylation is 1. The maximum Gasteiger partial charge on any atom is 0.105 e. The van der Waals surface area contributed by atoms with E-state index in [2.05, 4.69) is 24.2 Å². The predicted molar refractivity (Wildman–Crippen MR) is 86.4 cm³/mol. The first-order chi connectivity index (χ1) is 9.77. The van der Waals surface area contributed by atoms with Crippen molar-refractivity contribution in [3.8, 4) is 5.69 Å². The van der Waals surface area contributed by atoms with Crippen molar-refractivity contribution in [2.24, 2.45) is 5.73 Å². The smallest absolute Gasteiger partial charge is 0.105 e. The van der Waals surface area contributed by atoms with Crippen molar-refractivity contribution in [1.29, 1.82) is 0 Å². The predicted octanol–water partition coefficient (Wildman–Crippen LogP) is 3.92. The third-order valence-electron chi connectivity index (χ3n) is 3.33. The number of thioether (sulfide) groups is 1. The normalized spacial score (nSPS) is 10.9. The summed E-state index contributed by atoms with van der Waals surface area (Å²) in [4.78, 5) is 0. The van der Waals surface area contributed by atoms with Gasteiger partial charge >= 0.3 is 0 Å². The van der Waals surface area contributed by atoms with Crippen LogP contribution in [-0.4, -0.2) is 15.5 Å². The molecule has 1 aromatic heterocycles. The summed E-state index contributed by atoms with van der Waals surface area (Å²) >= 11 is 1.87. The minimum absolute atomic E-state index is 0.550. The molecule has 0 bridgehead atoms. The number of benzene rings is 1. The summed E-state index contributed by atoms with van der Waals surface area (Å²) in [6, 6.07) is 10.3. The van der Waals surface area contributed by atoms with Crippen LogP contribution in [0.1, 0.15) is 37.4 Å².